The molecule has 7 nitrogen and oxygen atoms in total. The van der Waals surface area contributed by atoms with Gasteiger partial charge in [-0.05, 0) is 35.9 Å². The third kappa shape index (κ3) is 5.70. The van der Waals surface area contributed by atoms with E-state index in [0.717, 1.165) is 61.7 Å². The van der Waals surface area contributed by atoms with Crippen molar-refractivity contribution in [2.75, 3.05) is 46.1 Å². The number of ether oxygens (including phenoxy) is 2. The molecule has 0 saturated carbocycles. The summed E-state index contributed by atoms with van der Waals surface area (Å²) in [5, 5.41) is 18.2. The zero-order chi connectivity index (χ0) is 25.6. The van der Waals surface area contributed by atoms with Gasteiger partial charge in [0.15, 0.2) is 5.78 Å². The minimum absolute atomic E-state index is 0.101. The van der Waals surface area contributed by atoms with Gasteiger partial charge in [0, 0.05) is 49.4 Å². The number of para-hydroxylation sites is 1. The highest BCUT2D eigenvalue weighted by Gasteiger charge is 2.34. The molecule has 3 aromatic carbocycles. The predicted octanol–water partition coefficient (Wildman–Crippen LogP) is 3.63. The van der Waals surface area contributed by atoms with Gasteiger partial charge in [-0.1, -0.05) is 55.5 Å². The summed E-state index contributed by atoms with van der Waals surface area (Å²) in [5.74, 6) is 0.700. The summed E-state index contributed by atoms with van der Waals surface area (Å²) in [7, 11) is 0. The number of likely N-dealkylation sites (N-methyl/N-ethyl adjacent to an activating group) is 1. The lowest BCUT2D eigenvalue weighted by molar-refractivity contribution is 0.0534. The quantitative estimate of drug-likeness (QED) is 0.386. The number of nitrogens with one attached hydrogen (secondary N) is 2. The van der Waals surface area contributed by atoms with E-state index in [4.69, 9.17) is 9.47 Å². The Hall–Kier alpha value is -3.23. The molecule has 0 bridgehead atoms. The Morgan fingerprint density at radius 3 is 2.51 bits per heavy atom. The first-order valence-electron chi connectivity index (χ1n) is 13.1. The number of Topliss-reactive ketones (excluding diaryl/α,β-unsaturated/α-hetero) is 1. The number of aliphatic hydroxyl groups is 1. The van der Waals surface area contributed by atoms with E-state index in [0.29, 0.717) is 23.6 Å². The van der Waals surface area contributed by atoms with Crippen molar-refractivity contribution in [3.05, 3.63) is 83.4 Å². The number of carbonyl (C=O) groups excluding carboxylic acids is 1. The summed E-state index contributed by atoms with van der Waals surface area (Å²) < 4.78 is 12.1. The third-order valence-electron chi connectivity index (χ3n) is 7.06. The third-order valence-corrected chi connectivity index (χ3v) is 7.06. The Kier molecular flexibility index (Phi) is 8.16. The van der Waals surface area contributed by atoms with Crippen LogP contribution in [-0.4, -0.2) is 61.9 Å². The Bertz CT molecular complexity index is 1230. The number of ketones is 1. The molecule has 2 unspecified atom stereocenters. The molecule has 0 saturated heterocycles. The maximum absolute atomic E-state index is 13.7. The van der Waals surface area contributed by atoms with Gasteiger partial charge in [0.2, 0.25) is 0 Å². The second kappa shape index (κ2) is 11.9. The van der Waals surface area contributed by atoms with Crippen LogP contribution in [0.3, 0.4) is 0 Å². The maximum atomic E-state index is 13.7. The molecular formula is C30H35N3O4. The molecule has 0 spiro atoms. The van der Waals surface area contributed by atoms with E-state index in [1.165, 1.54) is 0 Å². The smallest absolute Gasteiger partial charge is 0.172 e. The highest BCUT2D eigenvalue weighted by Crippen LogP contribution is 2.39. The average molecular weight is 502 g/mol. The van der Waals surface area contributed by atoms with Crippen molar-refractivity contribution in [3.8, 4) is 22.6 Å². The zero-order valence-corrected chi connectivity index (χ0v) is 21.3. The summed E-state index contributed by atoms with van der Waals surface area (Å²) in [6.45, 7) is 8.08. The van der Waals surface area contributed by atoms with E-state index in [9.17, 15) is 9.90 Å². The molecule has 2 heterocycles. The van der Waals surface area contributed by atoms with Crippen LogP contribution in [-0.2, 0) is 6.54 Å². The molecule has 2 aliphatic rings. The van der Waals surface area contributed by atoms with Gasteiger partial charge in [-0.25, -0.2) is 0 Å². The summed E-state index contributed by atoms with van der Waals surface area (Å²) in [5.41, 5.74) is 4.04. The lowest BCUT2D eigenvalue weighted by Gasteiger charge is -2.31. The lowest BCUT2D eigenvalue weighted by atomic mass is 9.84. The van der Waals surface area contributed by atoms with E-state index in [1.54, 1.807) is 0 Å². The molecule has 2 aliphatic heterocycles. The Morgan fingerprint density at radius 2 is 1.68 bits per heavy atom. The number of hydrogen-bond acceptors (Lipinski definition) is 7. The largest absolute Gasteiger partial charge is 0.492 e. The van der Waals surface area contributed by atoms with Gasteiger partial charge in [-0.2, -0.15) is 0 Å². The van der Waals surface area contributed by atoms with Crippen LogP contribution >= 0.6 is 0 Å². The number of fused-ring (bicyclic) bond motifs is 4. The second-order valence-electron chi connectivity index (χ2n) is 9.57. The molecule has 7 heteroatoms. The van der Waals surface area contributed by atoms with Crippen LogP contribution in [0.1, 0.15) is 34.5 Å². The number of rotatable bonds is 9. The SMILES string of the molecule is CCNCCNCCN1COc2ccc(C(O)C3COc4ccccc4-c4ccccc4C3=O)cc2C1. The Morgan fingerprint density at radius 1 is 0.919 bits per heavy atom. The number of nitrogens with zero attached hydrogens (tertiary/aromatic N) is 1. The van der Waals surface area contributed by atoms with Crippen LogP contribution in [0.4, 0.5) is 0 Å². The van der Waals surface area contributed by atoms with Crippen LogP contribution < -0.4 is 20.1 Å². The van der Waals surface area contributed by atoms with Gasteiger partial charge < -0.3 is 25.2 Å². The molecule has 0 aromatic heterocycles. The van der Waals surface area contributed by atoms with Crippen LogP contribution in [0.2, 0.25) is 0 Å². The summed E-state index contributed by atoms with van der Waals surface area (Å²) in [4.78, 5) is 15.9. The number of aliphatic hydroxyl groups excluding tert-OH is 1. The lowest BCUT2D eigenvalue weighted by Crippen LogP contribution is -2.38. The van der Waals surface area contributed by atoms with E-state index in [-0.39, 0.29) is 12.4 Å². The van der Waals surface area contributed by atoms with Gasteiger partial charge in [0.05, 0.1) is 12.0 Å². The zero-order valence-electron chi connectivity index (χ0n) is 21.3. The molecule has 2 atom stereocenters. The van der Waals surface area contributed by atoms with Gasteiger partial charge in [0.1, 0.15) is 24.8 Å². The van der Waals surface area contributed by atoms with E-state index in [2.05, 4.69) is 22.5 Å². The van der Waals surface area contributed by atoms with Crippen LogP contribution in [0.15, 0.2) is 66.7 Å². The number of hydrogen-bond donors (Lipinski definition) is 3. The van der Waals surface area contributed by atoms with E-state index < -0.39 is 12.0 Å². The van der Waals surface area contributed by atoms with Crippen molar-refractivity contribution in [2.24, 2.45) is 5.92 Å². The highest BCUT2D eigenvalue weighted by molar-refractivity contribution is 6.05. The molecule has 0 amide bonds. The topological polar surface area (TPSA) is 83.1 Å². The summed E-state index contributed by atoms with van der Waals surface area (Å²) in [6.07, 6.45) is -1.00. The average Bonchev–Trinajstić information content (AvgIpc) is 2.94. The monoisotopic (exact) mass is 501 g/mol. The first-order chi connectivity index (χ1) is 18.2. The molecule has 194 valence electrons. The van der Waals surface area contributed by atoms with Crippen molar-refractivity contribution in [2.45, 2.75) is 19.6 Å². The number of carbonyl (C=O) groups is 1. The molecule has 3 N–H and O–H groups in total. The van der Waals surface area contributed by atoms with Crippen LogP contribution in [0, 0.1) is 5.92 Å². The molecule has 0 fully saturated rings. The van der Waals surface area contributed by atoms with Crippen LogP contribution in [0.5, 0.6) is 11.5 Å². The van der Waals surface area contributed by atoms with Crippen molar-refractivity contribution in [3.63, 3.8) is 0 Å². The fourth-order valence-electron chi connectivity index (χ4n) is 5.02. The van der Waals surface area contributed by atoms with E-state index in [1.807, 2.05) is 66.7 Å². The fraction of sp³-hybridized carbons (Fsp3) is 0.367. The first-order valence-corrected chi connectivity index (χ1v) is 13.1. The fourth-order valence-corrected chi connectivity index (χ4v) is 5.02. The second-order valence-corrected chi connectivity index (χ2v) is 9.57. The van der Waals surface area contributed by atoms with Crippen molar-refractivity contribution < 1.29 is 19.4 Å². The Balaban J connectivity index is 1.31. The van der Waals surface area contributed by atoms with Gasteiger partial charge in [0.25, 0.3) is 0 Å². The van der Waals surface area contributed by atoms with Crippen molar-refractivity contribution in [1.82, 2.24) is 15.5 Å². The van der Waals surface area contributed by atoms with Crippen molar-refractivity contribution >= 4 is 5.78 Å². The molecule has 0 radical (unpaired) electrons. The van der Waals surface area contributed by atoms with Gasteiger partial charge in [-0.3, -0.25) is 9.69 Å². The van der Waals surface area contributed by atoms with Gasteiger partial charge >= 0.3 is 0 Å². The maximum Gasteiger partial charge on any atom is 0.172 e. The molecular weight excluding hydrogens is 466 g/mol. The molecule has 5 rings (SSSR count). The first kappa shape index (κ1) is 25.4. The standard InChI is InChI=1S/C30H35N3O4/c1-2-31-13-14-32-15-16-33-18-22-17-21(11-12-27(22)37-20-33)29(34)26-19-36-28-10-6-5-8-24(28)23-7-3-4-9-25(23)30(26)35/h3-12,17,26,29,31-32,34H,2,13-16,18-20H2,1H3. The number of benzene rings is 3. The highest BCUT2D eigenvalue weighted by atomic mass is 16.5. The van der Waals surface area contributed by atoms with Crippen LogP contribution in [0.25, 0.3) is 11.1 Å². The minimum Gasteiger partial charge on any atom is -0.492 e. The molecule has 3 aromatic rings. The Labute approximate surface area is 218 Å². The van der Waals surface area contributed by atoms with Crippen molar-refractivity contribution in [1.29, 1.82) is 0 Å². The van der Waals surface area contributed by atoms with E-state index >= 15 is 0 Å². The minimum atomic E-state index is -1.00. The molecule has 0 aliphatic carbocycles. The summed E-state index contributed by atoms with van der Waals surface area (Å²) >= 11 is 0. The molecule has 37 heavy (non-hydrogen) atoms. The predicted molar refractivity (Wildman–Crippen MR) is 144 cm³/mol. The normalized spacial score (nSPS) is 17.9. The summed E-state index contributed by atoms with van der Waals surface area (Å²) in [6, 6.07) is 21.0. The van der Waals surface area contributed by atoms with Gasteiger partial charge in [-0.15, -0.1) is 0 Å².